The number of carbonyl (C=O) groups is 1. The molecule has 5 heteroatoms. The first-order chi connectivity index (χ1) is 10.2. The number of carbonyl (C=O) groups excluding carboxylic acids is 1. The van der Waals surface area contributed by atoms with Crippen LogP contribution in [0, 0.1) is 5.82 Å². The molecule has 0 bridgehead atoms. The van der Waals surface area contributed by atoms with Gasteiger partial charge in [-0.25, -0.2) is 4.39 Å². The van der Waals surface area contributed by atoms with E-state index in [2.05, 4.69) is 10.3 Å². The maximum absolute atomic E-state index is 13.5. The van der Waals surface area contributed by atoms with Gasteiger partial charge in [-0.2, -0.15) is 0 Å². The summed E-state index contributed by atoms with van der Waals surface area (Å²) in [4.78, 5) is 16.1. The molecule has 0 fully saturated rings. The van der Waals surface area contributed by atoms with Gasteiger partial charge in [0.25, 0.3) is 5.91 Å². The van der Waals surface area contributed by atoms with E-state index in [0.717, 1.165) is 5.56 Å². The highest BCUT2D eigenvalue weighted by atomic mass is 19.1. The molecule has 0 spiro atoms. The van der Waals surface area contributed by atoms with Crippen molar-refractivity contribution in [2.45, 2.75) is 26.0 Å². The maximum atomic E-state index is 13.5. The second-order valence-electron chi connectivity index (χ2n) is 4.52. The van der Waals surface area contributed by atoms with E-state index in [0.29, 0.717) is 13.0 Å². The van der Waals surface area contributed by atoms with E-state index >= 15 is 0 Å². The van der Waals surface area contributed by atoms with Gasteiger partial charge in [-0.15, -0.1) is 0 Å². The first-order valence-electron chi connectivity index (χ1n) is 6.78. The van der Waals surface area contributed by atoms with Crippen molar-refractivity contribution in [1.82, 2.24) is 10.3 Å². The Kier molecular flexibility index (Phi) is 5.26. The fraction of sp³-hybridized carbons (Fsp3) is 0.250. The molecule has 1 heterocycles. The third-order valence-corrected chi connectivity index (χ3v) is 2.96. The summed E-state index contributed by atoms with van der Waals surface area (Å²) in [6.07, 6.45) is 3.08. The summed E-state index contributed by atoms with van der Waals surface area (Å²) in [5.74, 6) is -0.665. The molecule has 1 aromatic carbocycles. The van der Waals surface area contributed by atoms with Crippen LogP contribution in [0.15, 0.2) is 48.8 Å². The van der Waals surface area contributed by atoms with Crippen molar-refractivity contribution >= 4 is 5.91 Å². The number of ether oxygens (including phenoxy) is 1. The van der Waals surface area contributed by atoms with Gasteiger partial charge < -0.3 is 10.1 Å². The number of nitrogens with one attached hydrogen (secondary N) is 1. The Labute approximate surface area is 123 Å². The van der Waals surface area contributed by atoms with Gasteiger partial charge in [-0.3, -0.25) is 9.78 Å². The third kappa shape index (κ3) is 4.27. The second kappa shape index (κ2) is 7.38. The minimum Gasteiger partial charge on any atom is -0.478 e. The number of halogens is 1. The van der Waals surface area contributed by atoms with Crippen molar-refractivity contribution in [3.8, 4) is 5.75 Å². The zero-order valence-electron chi connectivity index (χ0n) is 11.8. The van der Waals surface area contributed by atoms with E-state index in [1.165, 1.54) is 12.1 Å². The summed E-state index contributed by atoms with van der Waals surface area (Å²) in [5, 5.41) is 2.76. The van der Waals surface area contributed by atoms with Crippen LogP contribution in [0.5, 0.6) is 5.75 Å². The Bertz CT molecular complexity index is 590. The molecule has 0 saturated heterocycles. The minimum absolute atomic E-state index is 0.0841. The standard InChI is InChI=1S/C16H17FN2O2/c1-2-14(21-15-8-4-3-7-13(15)17)16(20)19-11-12-6-5-9-18-10-12/h3-10,14H,2,11H2,1H3,(H,19,20)/t14-/m1/s1. The monoisotopic (exact) mass is 288 g/mol. The van der Waals surface area contributed by atoms with Crippen molar-refractivity contribution in [2.24, 2.45) is 0 Å². The molecule has 0 aliphatic carbocycles. The topological polar surface area (TPSA) is 51.2 Å². The lowest BCUT2D eigenvalue weighted by molar-refractivity contribution is -0.128. The fourth-order valence-electron chi connectivity index (χ4n) is 1.82. The van der Waals surface area contributed by atoms with Gasteiger partial charge in [-0.1, -0.05) is 25.1 Å². The zero-order chi connectivity index (χ0) is 15.1. The van der Waals surface area contributed by atoms with Gasteiger partial charge in [0.2, 0.25) is 0 Å². The molecule has 1 aromatic heterocycles. The van der Waals surface area contributed by atoms with Crippen LogP contribution in [0.1, 0.15) is 18.9 Å². The highest BCUT2D eigenvalue weighted by Gasteiger charge is 2.19. The molecule has 0 aliphatic heterocycles. The van der Waals surface area contributed by atoms with Crippen LogP contribution in [0.2, 0.25) is 0 Å². The Morgan fingerprint density at radius 1 is 1.33 bits per heavy atom. The van der Waals surface area contributed by atoms with Gasteiger partial charge in [0.1, 0.15) is 0 Å². The quantitative estimate of drug-likeness (QED) is 0.889. The summed E-state index contributed by atoms with van der Waals surface area (Å²) in [6.45, 7) is 2.18. The minimum atomic E-state index is -0.724. The molecule has 2 rings (SSSR count). The van der Waals surface area contributed by atoms with Crippen molar-refractivity contribution in [3.63, 3.8) is 0 Å². The van der Waals surface area contributed by atoms with Crippen molar-refractivity contribution in [2.75, 3.05) is 0 Å². The van der Waals surface area contributed by atoms with Crippen LogP contribution in [0.4, 0.5) is 4.39 Å². The van der Waals surface area contributed by atoms with E-state index in [1.54, 1.807) is 30.6 Å². The first kappa shape index (κ1) is 15.0. The number of amides is 1. The number of nitrogens with zero attached hydrogens (tertiary/aromatic N) is 1. The molecular formula is C16H17FN2O2. The van der Waals surface area contributed by atoms with Crippen molar-refractivity contribution in [3.05, 3.63) is 60.2 Å². The second-order valence-corrected chi connectivity index (χ2v) is 4.52. The van der Waals surface area contributed by atoms with Crippen LogP contribution < -0.4 is 10.1 Å². The molecule has 2 aromatic rings. The number of rotatable bonds is 6. The zero-order valence-corrected chi connectivity index (χ0v) is 11.8. The summed E-state index contributed by atoms with van der Waals surface area (Å²) in [6, 6.07) is 9.72. The smallest absolute Gasteiger partial charge is 0.261 e. The molecule has 1 atom stereocenters. The fourth-order valence-corrected chi connectivity index (χ4v) is 1.82. The lowest BCUT2D eigenvalue weighted by atomic mass is 10.2. The van der Waals surface area contributed by atoms with Crippen LogP contribution in [-0.4, -0.2) is 17.0 Å². The molecule has 1 amide bonds. The maximum Gasteiger partial charge on any atom is 0.261 e. The molecule has 1 N–H and O–H groups in total. The Morgan fingerprint density at radius 2 is 2.14 bits per heavy atom. The van der Waals surface area contributed by atoms with E-state index in [9.17, 15) is 9.18 Å². The number of aromatic nitrogens is 1. The molecule has 0 unspecified atom stereocenters. The molecule has 0 saturated carbocycles. The normalized spacial score (nSPS) is 11.7. The van der Waals surface area contributed by atoms with E-state index < -0.39 is 11.9 Å². The molecular weight excluding hydrogens is 271 g/mol. The van der Waals surface area contributed by atoms with E-state index in [-0.39, 0.29) is 11.7 Å². The van der Waals surface area contributed by atoms with Gasteiger partial charge >= 0.3 is 0 Å². The van der Waals surface area contributed by atoms with Crippen LogP contribution in [0.25, 0.3) is 0 Å². The van der Waals surface area contributed by atoms with Crippen LogP contribution in [0.3, 0.4) is 0 Å². The number of pyridine rings is 1. The summed E-state index contributed by atoms with van der Waals surface area (Å²) in [5.41, 5.74) is 0.895. The van der Waals surface area contributed by atoms with E-state index in [1.807, 2.05) is 13.0 Å². The van der Waals surface area contributed by atoms with Crippen molar-refractivity contribution < 1.29 is 13.9 Å². The highest BCUT2D eigenvalue weighted by Crippen LogP contribution is 2.18. The molecule has 0 aliphatic rings. The lowest BCUT2D eigenvalue weighted by Gasteiger charge is -2.17. The molecule has 21 heavy (non-hydrogen) atoms. The number of hydrogen-bond acceptors (Lipinski definition) is 3. The molecule has 4 nitrogen and oxygen atoms in total. The van der Waals surface area contributed by atoms with Crippen LogP contribution in [-0.2, 0) is 11.3 Å². The highest BCUT2D eigenvalue weighted by molar-refractivity contribution is 5.81. The lowest BCUT2D eigenvalue weighted by Crippen LogP contribution is -2.37. The average Bonchev–Trinajstić information content (AvgIpc) is 2.53. The molecule has 110 valence electrons. The van der Waals surface area contributed by atoms with E-state index in [4.69, 9.17) is 4.74 Å². The van der Waals surface area contributed by atoms with Gasteiger partial charge in [-0.05, 0) is 30.2 Å². The van der Waals surface area contributed by atoms with Gasteiger partial charge in [0.15, 0.2) is 17.7 Å². The Hall–Kier alpha value is -2.43. The number of para-hydroxylation sites is 1. The molecule has 0 radical (unpaired) electrons. The summed E-state index contributed by atoms with van der Waals surface area (Å²) >= 11 is 0. The summed E-state index contributed by atoms with van der Waals surface area (Å²) < 4.78 is 19.0. The third-order valence-electron chi connectivity index (χ3n) is 2.96. The SMILES string of the molecule is CC[C@@H](Oc1ccccc1F)C(=O)NCc1cccnc1. The van der Waals surface area contributed by atoms with Gasteiger partial charge in [0, 0.05) is 18.9 Å². The average molecular weight is 288 g/mol. The number of benzene rings is 1. The van der Waals surface area contributed by atoms with Crippen LogP contribution >= 0.6 is 0 Å². The Balaban J connectivity index is 1.94. The Morgan fingerprint density at radius 3 is 2.81 bits per heavy atom. The van der Waals surface area contributed by atoms with Gasteiger partial charge in [0.05, 0.1) is 0 Å². The summed E-state index contributed by atoms with van der Waals surface area (Å²) in [7, 11) is 0. The van der Waals surface area contributed by atoms with Crippen molar-refractivity contribution in [1.29, 1.82) is 0 Å². The number of hydrogen-bond donors (Lipinski definition) is 1. The predicted molar refractivity (Wildman–Crippen MR) is 77.2 cm³/mol. The predicted octanol–water partition coefficient (Wildman–Crippen LogP) is 2.69. The largest absolute Gasteiger partial charge is 0.478 e. The first-order valence-corrected chi connectivity index (χ1v) is 6.78.